The van der Waals surface area contributed by atoms with E-state index in [-0.39, 0.29) is 59.2 Å². The fourth-order valence-corrected chi connectivity index (χ4v) is 6.99. The van der Waals surface area contributed by atoms with E-state index in [4.69, 9.17) is 4.52 Å². The predicted molar refractivity (Wildman–Crippen MR) is 178 cm³/mol. The molecule has 47 heavy (non-hydrogen) atoms. The zero-order valence-corrected chi connectivity index (χ0v) is 28.3. The summed E-state index contributed by atoms with van der Waals surface area (Å²) in [4.78, 5) is 63.8. The van der Waals surface area contributed by atoms with Crippen molar-refractivity contribution in [3.8, 4) is 0 Å². The summed E-state index contributed by atoms with van der Waals surface area (Å²) in [5.74, 6) is -0.804. The van der Waals surface area contributed by atoms with Gasteiger partial charge >= 0.3 is 0 Å². The lowest BCUT2D eigenvalue weighted by atomic mass is 10.0. The van der Waals surface area contributed by atoms with Crippen LogP contribution in [0.4, 0.5) is 0 Å². The number of aryl methyl sites for hydroxylation is 1. The SMILES string of the molecule is Cc1cc(C(=O)N2CCCNC(=O)c3csc(n3)[C@H](Cc3ccccc3)NC(=O)c3csc(n3)[C@H](CC(C)C)NC(=O)CCC2)on1. The summed E-state index contributed by atoms with van der Waals surface area (Å²) < 4.78 is 5.22. The van der Waals surface area contributed by atoms with Crippen LogP contribution in [0.15, 0.2) is 51.7 Å². The normalized spacial score (nSPS) is 18.6. The van der Waals surface area contributed by atoms with Crippen LogP contribution in [-0.2, 0) is 11.2 Å². The van der Waals surface area contributed by atoms with Gasteiger partial charge in [-0.05, 0) is 44.1 Å². The maximum Gasteiger partial charge on any atom is 0.292 e. The van der Waals surface area contributed by atoms with Crippen LogP contribution in [0.2, 0.25) is 0 Å². The Labute approximate surface area is 281 Å². The molecule has 4 aromatic rings. The lowest BCUT2D eigenvalue weighted by Crippen LogP contribution is -2.36. The molecule has 248 valence electrons. The molecular formula is C33H39N7O5S2. The highest BCUT2D eigenvalue weighted by Gasteiger charge is 2.26. The summed E-state index contributed by atoms with van der Waals surface area (Å²) in [5, 5.41) is 17.5. The molecule has 0 unspecified atom stereocenters. The fourth-order valence-electron chi connectivity index (χ4n) is 5.27. The van der Waals surface area contributed by atoms with Crippen molar-refractivity contribution >= 4 is 46.3 Å². The van der Waals surface area contributed by atoms with Gasteiger partial charge in [-0.3, -0.25) is 19.2 Å². The number of thiazole rings is 2. The number of rotatable bonds is 5. The van der Waals surface area contributed by atoms with E-state index in [1.807, 2.05) is 30.3 Å². The number of nitrogens with zero attached hydrogens (tertiary/aromatic N) is 4. The summed E-state index contributed by atoms with van der Waals surface area (Å²) in [6, 6.07) is 10.5. The van der Waals surface area contributed by atoms with Crippen LogP contribution < -0.4 is 16.0 Å². The second-order valence-corrected chi connectivity index (χ2v) is 13.7. The van der Waals surface area contributed by atoms with Gasteiger partial charge < -0.3 is 25.4 Å². The van der Waals surface area contributed by atoms with Crippen molar-refractivity contribution in [1.82, 2.24) is 36.0 Å². The summed E-state index contributed by atoms with van der Waals surface area (Å²) in [6.45, 7) is 6.83. The van der Waals surface area contributed by atoms with Gasteiger partial charge in [-0.1, -0.05) is 49.3 Å². The van der Waals surface area contributed by atoms with E-state index in [1.165, 1.54) is 22.7 Å². The Morgan fingerprint density at radius 3 is 2.32 bits per heavy atom. The molecule has 3 aromatic heterocycles. The molecule has 4 amide bonds. The summed E-state index contributed by atoms with van der Waals surface area (Å²) >= 11 is 2.63. The predicted octanol–water partition coefficient (Wildman–Crippen LogP) is 4.87. The van der Waals surface area contributed by atoms with Gasteiger partial charge in [0.05, 0.1) is 17.8 Å². The second kappa shape index (κ2) is 15.9. The molecule has 2 atom stereocenters. The first-order chi connectivity index (χ1) is 22.7. The molecule has 0 saturated carbocycles. The van der Waals surface area contributed by atoms with Crippen molar-refractivity contribution in [3.63, 3.8) is 0 Å². The number of nitrogens with one attached hydrogen (secondary N) is 3. The van der Waals surface area contributed by atoms with Gasteiger partial charge in [0.15, 0.2) is 0 Å². The van der Waals surface area contributed by atoms with Gasteiger partial charge in [0, 0.05) is 42.9 Å². The van der Waals surface area contributed by atoms with Crippen LogP contribution in [0, 0.1) is 12.8 Å². The molecule has 1 aliphatic rings. The maximum absolute atomic E-state index is 13.5. The second-order valence-electron chi connectivity index (χ2n) is 11.9. The highest BCUT2D eigenvalue weighted by molar-refractivity contribution is 7.10. The number of carbonyl (C=O) groups excluding carboxylic acids is 4. The summed E-state index contributed by atoms with van der Waals surface area (Å²) in [5.41, 5.74) is 2.10. The van der Waals surface area contributed by atoms with Crippen LogP contribution in [0.3, 0.4) is 0 Å². The Bertz CT molecular complexity index is 1680. The third-order valence-electron chi connectivity index (χ3n) is 7.58. The number of aromatic nitrogens is 3. The topological polar surface area (TPSA) is 159 Å². The maximum atomic E-state index is 13.5. The van der Waals surface area contributed by atoms with E-state index in [0.717, 1.165) is 5.56 Å². The highest BCUT2D eigenvalue weighted by Crippen LogP contribution is 2.27. The van der Waals surface area contributed by atoms with E-state index in [9.17, 15) is 19.2 Å². The lowest BCUT2D eigenvalue weighted by Gasteiger charge is -2.22. The van der Waals surface area contributed by atoms with Gasteiger partial charge in [-0.15, -0.1) is 22.7 Å². The zero-order chi connectivity index (χ0) is 33.3. The third kappa shape index (κ3) is 9.32. The molecule has 5 rings (SSSR count). The minimum atomic E-state index is -0.499. The van der Waals surface area contributed by atoms with E-state index < -0.39 is 6.04 Å². The first-order valence-corrected chi connectivity index (χ1v) is 17.5. The highest BCUT2D eigenvalue weighted by atomic mass is 32.1. The number of hydrogen-bond acceptors (Lipinski definition) is 10. The number of hydrogen-bond donors (Lipinski definition) is 3. The third-order valence-corrected chi connectivity index (χ3v) is 9.50. The van der Waals surface area contributed by atoms with Crippen molar-refractivity contribution < 1.29 is 23.7 Å². The number of amides is 4. The number of benzene rings is 1. The van der Waals surface area contributed by atoms with Gasteiger partial charge in [-0.25, -0.2) is 9.97 Å². The standard InChI is InChI=1S/C33H39N7O5S2/c1-20(2)15-23-31-38-26(19-47-31)30(43)36-24(17-22-9-5-4-6-10-22)32-37-25(18-46-32)29(42)34-12-8-14-40(13-7-11-28(41)35-23)33(44)27-16-21(3)39-45-27/h4-6,9-10,16,18-20,23-24H,7-8,11-15,17H2,1-3H3,(H,34,42)(H,35,41)(H,36,43)/t23-,24-/m0/s1. The Balaban J connectivity index is 1.41. The quantitative estimate of drug-likeness (QED) is 0.270. The van der Waals surface area contributed by atoms with Crippen molar-refractivity contribution in [2.45, 2.75) is 65.0 Å². The molecule has 1 aromatic carbocycles. The average Bonchev–Trinajstić information content (AvgIpc) is 3.82. The van der Waals surface area contributed by atoms with Crippen LogP contribution >= 0.6 is 22.7 Å². The Hall–Kier alpha value is -4.43. The lowest BCUT2D eigenvalue weighted by molar-refractivity contribution is -0.122. The first-order valence-electron chi connectivity index (χ1n) is 15.7. The zero-order valence-electron chi connectivity index (χ0n) is 26.7. The molecule has 14 heteroatoms. The van der Waals surface area contributed by atoms with Crippen molar-refractivity contribution in [2.75, 3.05) is 19.6 Å². The van der Waals surface area contributed by atoms with Crippen molar-refractivity contribution in [3.05, 3.63) is 85.6 Å². The van der Waals surface area contributed by atoms with Gasteiger partial charge in [0.25, 0.3) is 17.7 Å². The Kier molecular flexibility index (Phi) is 11.5. The van der Waals surface area contributed by atoms with E-state index in [0.29, 0.717) is 61.0 Å². The van der Waals surface area contributed by atoms with E-state index in [1.54, 1.807) is 28.7 Å². The summed E-state index contributed by atoms with van der Waals surface area (Å²) in [7, 11) is 0. The van der Waals surface area contributed by atoms with Crippen LogP contribution in [-0.4, -0.2) is 63.3 Å². The monoisotopic (exact) mass is 677 g/mol. The molecule has 0 aliphatic carbocycles. The van der Waals surface area contributed by atoms with Crippen molar-refractivity contribution in [2.24, 2.45) is 5.92 Å². The van der Waals surface area contributed by atoms with Crippen LogP contribution in [0.1, 0.15) is 104 Å². The molecule has 0 spiro atoms. The van der Waals surface area contributed by atoms with Crippen LogP contribution in [0.5, 0.6) is 0 Å². The number of fused-ring (bicyclic) bond motifs is 4. The van der Waals surface area contributed by atoms with E-state index >= 15 is 0 Å². The minimum absolute atomic E-state index is 0.126. The largest absolute Gasteiger partial charge is 0.351 e. The van der Waals surface area contributed by atoms with E-state index in [2.05, 4.69) is 44.9 Å². The van der Waals surface area contributed by atoms with Crippen molar-refractivity contribution in [1.29, 1.82) is 0 Å². The molecular weight excluding hydrogens is 639 g/mol. The molecule has 12 nitrogen and oxygen atoms in total. The summed E-state index contributed by atoms with van der Waals surface area (Å²) in [6.07, 6.45) is 2.20. The number of carbonyl (C=O) groups is 4. The molecule has 0 fully saturated rings. The fraction of sp³-hybridized carbons (Fsp3) is 0.424. The molecule has 0 saturated heterocycles. The van der Waals surface area contributed by atoms with Gasteiger partial charge in [0.1, 0.15) is 21.4 Å². The smallest absolute Gasteiger partial charge is 0.292 e. The minimum Gasteiger partial charge on any atom is -0.351 e. The average molecular weight is 678 g/mol. The van der Waals surface area contributed by atoms with Gasteiger partial charge in [-0.2, -0.15) is 0 Å². The molecule has 3 N–H and O–H groups in total. The Morgan fingerprint density at radius 2 is 1.64 bits per heavy atom. The van der Waals surface area contributed by atoms with Crippen LogP contribution in [0.25, 0.3) is 0 Å². The molecule has 4 bridgehead atoms. The Morgan fingerprint density at radius 1 is 0.957 bits per heavy atom. The first kappa shape index (κ1) is 33.9. The van der Waals surface area contributed by atoms with Gasteiger partial charge in [0.2, 0.25) is 11.7 Å². The molecule has 4 heterocycles. The molecule has 1 aliphatic heterocycles. The molecule has 0 radical (unpaired) electrons.